The number of thioether (sulfide) groups is 1. The lowest BCUT2D eigenvalue weighted by atomic mass is 10.3. The predicted octanol–water partition coefficient (Wildman–Crippen LogP) is 2.29. The Hall–Kier alpha value is -0.480. The molecule has 12 heavy (non-hydrogen) atoms. The number of hydrogen-bond acceptors (Lipinski definition) is 2. The van der Waals surface area contributed by atoms with Gasteiger partial charge < -0.3 is 5.32 Å². The smallest absolute Gasteiger partial charge is 0.234 e. The van der Waals surface area contributed by atoms with E-state index in [1.807, 2.05) is 6.07 Å². The molecule has 0 unspecified atom stereocenters. The van der Waals surface area contributed by atoms with Crippen LogP contribution in [0, 0.1) is 6.07 Å². The summed E-state index contributed by atoms with van der Waals surface area (Å²) in [6.45, 7) is 0. The summed E-state index contributed by atoms with van der Waals surface area (Å²) < 4.78 is 0.921. The molecule has 4 heteroatoms. The Labute approximate surface area is 82.9 Å². The summed E-state index contributed by atoms with van der Waals surface area (Å²) in [6, 6.07) is 6.71. The number of benzene rings is 1. The number of carbonyl (C=O) groups excluding carboxylic acids is 1. The average Bonchev–Trinajstić information content (AvgIpc) is 2.05. The van der Waals surface area contributed by atoms with Crippen LogP contribution in [-0.2, 0) is 4.79 Å². The van der Waals surface area contributed by atoms with Gasteiger partial charge in [-0.05, 0) is 18.2 Å². The van der Waals surface area contributed by atoms with E-state index in [9.17, 15) is 4.79 Å². The molecule has 1 aromatic rings. The number of hydrogen-bond donors (Lipinski definition) is 1. The van der Waals surface area contributed by atoms with Crippen LogP contribution in [0.5, 0.6) is 0 Å². The molecule has 0 spiro atoms. The first-order chi connectivity index (χ1) is 5.75. The second kappa shape index (κ2) is 3.11. The standard InChI is InChI=1S/C8H5BrNOS/c9-5-1-2-6-7(3-5)12-4-8(11)10-6/h2-3H,4H2,(H,10,11). The van der Waals surface area contributed by atoms with Crippen LogP contribution in [0.15, 0.2) is 21.5 Å². The van der Waals surface area contributed by atoms with Gasteiger partial charge >= 0.3 is 0 Å². The topological polar surface area (TPSA) is 29.1 Å². The van der Waals surface area contributed by atoms with Gasteiger partial charge in [-0.15, -0.1) is 11.8 Å². The van der Waals surface area contributed by atoms with Crippen LogP contribution in [0.3, 0.4) is 0 Å². The van der Waals surface area contributed by atoms with E-state index in [-0.39, 0.29) is 5.91 Å². The lowest BCUT2D eigenvalue weighted by Crippen LogP contribution is -2.18. The summed E-state index contributed by atoms with van der Waals surface area (Å²) >= 11 is 4.87. The Bertz CT molecular complexity index is 340. The molecule has 0 atom stereocenters. The fraction of sp³-hybridized carbons (Fsp3) is 0.125. The molecule has 1 heterocycles. The SMILES string of the molecule is O=C1CSc2cc(Br)[c]cc2N1. The van der Waals surface area contributed by atoms with E-state index >= 15 is 0 Å². The molecule has 0 saturated carbocycles. The summed E-state index contributed by atoms with van der Waals surface area (Å²) in [7, 11) is 0. The third-order valence-electron chi connectivity index (χ3n) is 1.51. The molecule has 0 fully saturated rings. The van der Waals surface area contributed by atoms with Crippen LogP contribution >= 0.6 is 27.7 Å². The molecule has 2 nitrogen and oxygen atoms in total. The number of fused-ring (bicyclic) bond motifs is 1. The quantitative estimate of drug-likeness (QED) is 0.757. The van der Waals surface area contributed by atoms with Crippen molar-refractivity contribution in [2.75, 3.05) is 11.1 Å². The molecule has 61 valence electrons. The first kappa shape index (κ1) is 8.13. The van der Waals surface area contributed by atoms with E-state index in [1.165, 1.54) is 0 Å². The van der Waals surface area contributed by atoms with Crippen molar-refractivity contribution < 1.29 is 4.79 Å². The van der Waals surface area contributed by atoms with E-state index in [4.69, 9.17) is 0 Å². The lowest BCUT2D eigenvalue weighted by Gasteiger charge is -2.15. The van der Waals surface area contributed by atoms with Crippen molar-refractivity contribution in [2.24, 2.45) is 0 Å². The normalized spacial score (nSPS) is 15.2. The van der Waals surface area contributed by atoms with Crippen molar-refractivity contribution in [3.63, 3.8) is 0 Å². The maximum atomic E-state index is 11.0. The Balaban J connectivity index is 2.43. The van der Waals surface area contributed by atoms with E-state index in [1.54, 1.807) is 17.8 Å². The molecule has 1 aromatic carbocycles. The highest BCUT2D eigenvalue weighted by Crippen LogP contribution is 2.32. The Morgan fingerprint density at radius 3 is 3.33 bits per heavy atom. The van der Waals surface area contributed by atoms with Crippen molar-refractivity contribution >= 4 is 39.3 Å². The fourth-order valence-electron chi connectivity index (χ4n) is 0.993. The van der Waals surface area contributed by atoms with Crippen LogP contribution in [0.2, 0.25) is 0 Å². The van der Waals surface area contributed by atoms with Gasteiger partial charge in [0.2, 0.25) is 5.91 Å². The minimum absolute atomic E-state index is 0.0585. The Kier molecular flexibility index (Phi) is 2.11. The first-order valence-electron chi connectivity index (χ1n) is 3.39. The Morgan fingerprint density at radius 2 is 2.50 bits per heavy atom. The van der Waals surface area contributed by atoms with E-state index in [0.717, 1.165) is 15.1 Å². The molecular formula is C8H5BrNOS. The van der Waals surface area contributed by atoms with Crippen molar-refractivity contribution in [2.45, 2.75) is 4.90 Å². The van der Waals surface area contributed by atoms with Crippen LogP contribution in [0.4, 0.5) is 5.69 Å². The predicted molar refractivity (Wildman–Crippen MR) is 52.3 cm³/mol. The number of rotatable bonds is 0. The number of anilines is 1. The number of carbonyl (C=O) groups is 1. The third-order valence-corrected chi connectivity index (χ3v) is 3.02. The summed E-state index contributed by atoms with van der Waals surface area (Å²) in [5.74, 6) is 0.562. The van der Waals surface area contributed by atoms with Gasteiger partial charge in [0.15, 0.2) is 0 Å². The summed E-state index contributed by atoms with van der Waals surface area (Å²) in [6.07, 6.45) is 0. The summed E-state index contributed by atoms with van der Waals surface area (Å²) in [4.78, 5) is 12.1. The van der Waals surface area contributed by atoms with Gasteiger partial charge in [0.05, 0.1) is 11.4 Å². The Morgan fingerprint density at radius 1 is 1.67 bits per heavy atom. The van der Waals surface area contributed by atoms with Gasteiger partial charge in [-0.3, -0.25) is 4.79 Å². The molecule has 1 aliphatic heterocycles. The zero-order chi connectivity index (χ0) is 8.55. The van der Waals surface area contributed by atoms with E-state index in [0.29, 0.717) is 5.75 Å². The molecule has 0 saturated heterocycles. The highest BCUT2D eigenvalue weighted by molar-refractivity contribution is 9.10. The summed E-state index contributed by atoms with van der Waals surface area (Å²) in [5.41, 5.74) is 0.861. The largest absolute Gasteiger partial charge is 0.324 e. The van der Waals surface area contributed by atoms with Gasteiger partial charge in [0, 0.05) is 9.37 Å². The van der Waals surface area contributed by atoms with Crippen molar-refractivity contribution in [1.82, 2.24) is 0 Å². The maximum Gasteiger partial charge on any atom is 0.234 e. The molecule has 1 amide bonds. The van der Waals surface area contributed by atoms with Gasteiger partial charge in [-0.2, -0.15) is 0 Å². The first-order valence-corrected chi connectivity index (χ1v) is 5.17. The average molecular weight is 243 g/mol. The maximum absolute atomic E-state index is 11.0. The van der Waals surface area contributed by atoms with Gasteiger partial charge in [-0.1, -0.05) is 15.9 Å². The zero-order valence-electron chi connectivity index (χ0n) is 6.06. The molecule has 1 N–H and O–H groups in total. The van der Waals surface area contributed by atoms with E-state index in [2.05, 4.69) is 27.3 Å². The number of halogens is 1. The molecule has 2 rings (SSSR count). The lowest BCUT2D eigenvalue weighted by molar-refractivity contribution is -0.113. The monoisotopic (exact) mass is 242 g/mol. The van der Waals surface area contributed by atoms with Crippen LogP contribution in [-0.4, -0.2) is 11.7 Å². The molecule has 0 aromatic heterocycles. The van der Waals surface area contributed by atoms with Crippen molar-refractivity contribution in [3.8, 4) is 0 Å². The van der Waals surface area contributed by atoms with Crippen molar-refractivity contribution in [1.29, 1.82) is 0 Å². The number of nitrogens with one attached hydrogen (secondary N) is 1. The molecule has 0 bridgehead atoms. The van der Waals surface area contributed by atoms with Gasteiger partial charge in [-0.25, -0.2) is 0 Å². The minimum Gasteiger partial charge on any atom is -0.324 e. The third kappa shape index (κ3) is 1.49. The summed E-state index contributed by atoms with van der Waals surface area (Å²) in [5, 5.41) is 2.78. The molecule has 0 aliphatic carbocycles. The minimum atomic E-state index is 0.0585. The molecule has 1 aliphatic rings. The van der Waals surface area contributed by atoms with Gasteiger partial charge in [0.25, 0.3) is 0 Å². The highest BCUT2D eigenvalue weighted by Gasteiger charge is 2.14. The zero-order valence-corrected chi connectivity index (χ0v) is 8.46. The highest BCUT2D eigenvalue weighted by atomic mass is 79.9. The molecular weight excluding hydrogens is 238 g/mol. The van der Waals surface area contributed by atoms with Crippen molar-refractivity contribution in [3.05, 3.63) is 22.7 Å². The van der Waals surface area contributed by atoms with Gasteiger partial charge in [0.1, 0.15) is 0 Å². The van der Waals surface area contributed by atoms with E-state index < -0.39 is 0 Å². The second-order valence-electron chi connectivity index (χ2n) is 2.40. The molecule has 1 radical (unpaired) electrons. The number of amides is 1. The van der Waals surface area contributed by atoms with Crippen LogP contribution in [0.25, 0.3) is 0 Å². The second-order valence-corrected chi connectivity index (χ2v) is 4.27. The van der Waals surface area contributed by atoms with Crippen LogP contribution in [0.1, 0.15) is 0 Å². The van der Waals surface area contributed by atoms with Crippen LogP contribution < -0.4 is 5.32 Å². The fourth-order valence-corrected chi connectivity index (χ4v) is 2.31.